The summed E-state index contributed by atoms with van der Waals surface area (Å²) in [5.41, 5.74) is -5.29. The van der Waals surface area contributed by atoms with E-state index in [4.69, 9.17) is 0 Å². The zero-order valence-corrected chi connectivity index (χ0v) is 11.2. The third-order valence-electron chi connectivity index (χ3n) is 1.71. The van der Waals surface area contributed by atoms with Gasteiger partial charge in [0.25, 0.3) is 0 Å². The molecule has 0 atom stereocenters. The van der Waals surface area contributed by atoms with Gasteiger partial charge in [-0.1, -0.05) is 0 Å². The largest absolute Gasteiger partial charge is 0.516 e. The van der Waals surface area contributed by atoms with Crippen LogP contribution in [0, 0.1) is 0 Å². The third kappa shape index (κ3) is 4.35. The van der Waals surface area contributed by atoms with Gasteiger partial charge in [0.2, 0.25) is 0 Å². The summed E-state index contributed by atoms with van der Waals surface area (Å²) in [6.07, 6.45) is -0.238. The number of ether oxygens (including phenoxy) is 1. The summed E-state index contributed by atoms with van der Waals surface area (Å²) in [6, 6.07) is 0. The first-order chi connectivity index (χ1) is 8.65. The molecule has 0 aliphatic rings. The number of carbonyl (C=O) groups is 1. The van der Waals surface area contributed by atoms with Gasteiger partial charge in [-0.05, 0) is 6.92 Å². The molecule has 1 N–H and O–H groups in total. The lowest BCUT2D eigenvalue weighted by molar-refractivity contribution is -0.142. The second kappa shape index (κ2) is 5.74. The number of nitrogens with zero attached hydrogens (tertiary/aromatic N) is 1. The number of carbonyl (C=O) groups excluding carboxylic acids is 1. The molecule has 0 spiro atoms. The highest BCUT2D eigenvalue weighted by Gasteiger charge is 2.46. The van der Waals surface area contributed by atoms with E-state index in [1.165, 1.54) is 10.1 Å². The fourth-order valence-corrected chi connectivity index (χ4v) is 2.43. The summed E-state index contributed by atoms with van der Waals surface area (Å²) in [4.78, 5) is 14.6. The van der Waals surface area contributed by atoms with Crippen molar-refractivity contribution in [3.63, 3.8) is 0 Å². The molecular formula is C8H9F3N2O4S2. The Kier molecular flexibility index (Phi) is 4.74. The van der Waals surface area contributed by atoms with Gasteiger partial charge in [-0.25, -0.2) is 4.98 Å². The Hall–Kier alpha value is -1.36. The molecule has 0 radical (unpaired) electrons. The van der Waals surface area contributed by atoms with Crippen LogP contribution in [0.5, 0.6) is 0 Å². The van der Waals surface area contributed by atoms with Crippen molar-refractivity contribution in [3.05, 3.63) is 11.1 Å². The van der Waals surface area contributed by atoms with E-state index in [2.05, 4.69) is 9.72 Å². The molecule has 1 heterocycles. The van der Waals surface area contributed by atoms with E-state index in [0.717, 1.165) is 0 Å². The quantitative estimate of drug-likeness (QED) is 0.832. The fraction of sp³-hybridized carbons (Fsp3) is 0.500. The van der Waals surface area contributed by atoms with Crippen LogP contribution < -0.4 is 4.72 Å². The van der Waals surface area contributed by atoms with E-state index in [0.29, 0.717) is 11.3 Å². The highest BCUT2D eigenvalue weighted by molar-refractivity contribution is 7.93. The average Bonchev–Trinajstić information content (AvgIpc) is 2.63. The van der Waals surface area contributed by atoms with Gasteiger partial charge in [0, 0.05) is 5.38 Å². The van der Waals surface area contributed by atoms with Crippen molar-refractivity contribution in [1.82, 2.24) is 4.98 Å². The number of hydrogen-bond donors (Lipinski definition) is 1. The van der Waals surface area contributed by atoms with Crippen LogP contribution in [-0.2, 0) is 26.0 Å². The van der Waals surface area contributed by atoms with Gasteiger partial charge in [-0.15, -0.1) is 11.3 Å². The molecule has 0 bridgehead atoms. The molecule has 0 fully saturated rings. The van der Waals surface area contributed by atoms with Crippen molar-refractivity contribution < 1.29 is 31.1 Å². The molecule has 1 aromatic heterocycles. The minimum atomic E-state index is -5.49. The predicted molar refractivity (Wildman–Crippen MR) is 61.0 cm³/mol. The van der Waals surface area contributed by atoms with Gasteiger partial charge < -0.3 is 4.74 Å². The molecular weight excluding hydrogens is 309 g/mol. The Morgan fingerprint density at radius 2 is 2.16 bits per heavy atom. The lowest BCUT2D eigenvalue weighted by Crippen LogP contribution is -2.29. The van der Waals surface area contributed by atoms with Gasteiger partial charge in [-0.2, -0.15) is 21.6 Å². The smallest absolute Gasteiger partial charge is 0.466 e. The average molecular weight is 318 g/mol. The Balaban J connectivity index is 2.74. The maximum atomic E-state index is 12.1. The molecule has 1 rings (SSSR count). The highest BCUT2D eigenvalue weighted by Crippen LogP contribution is 2.26. The summed E-state index contributed by atoms with van der Waals surface area (Å²) < 4.78 is 63.8. The molecule has 0 saturated carbocycles. The van der Waals surface area contributed by atoms with E-state index >= 15 is 0 Å². The normalized spacial score (nSPS) is 12.2. The Bertz CT molecular complexity index is 553. The van der Waals surface area contributed by atoms with Crippen molar-refractivity contribution >= 4 is 32.5 Å². The monoisotopic (exact) mass is 318 g/mol. The maximum Gasteiger partial charge on any atom is 0.516 e. The molecule has 0 unspecified atom stereocenters. The summed E-state index contributed by atoms with van der Waals surface area (Å²) in [5.74, 6) is -0.599. The van der Waals surface area contributed by atoms with Crippen LogP contribution in [0.25, 0.3) is 0 Å². The number of rotatable bonds is 5. The van der Waals surface area contributed by atoms with Crippen LogP contribution in [0.1, 0.15) is 12.6 Å². The van der Waals surface area contributed by atoms with Crippen molar-refractivity contribution in [2.45, 2.75) is 18.9 Å². The fourth-order valence-electron chi connectivity index (χ4n) is 0.968. The zero-order valence-electron chi connectivity index (χ0n) is 9.52. The van der Waals surface area contributed by atoms with Crippen LogP contribution >= 0.6 is 11.3 Å². The summed E-state index contributed by atoms with van der Waals surface area (Å²) in [6.45, 7) is 1.76. The van der Waals surface area contributed by atoms with Crippen molar-refractivity contribution in [3.8, 4) is 0 Å². The third-order valence-corrected chi connectivity index (χ3v) is 3.72. The lowest BCUT2D eigenvalue weighted by atomic mass is 10.3. The molecule has 11 heteroatoms. The Morgan fingerprint density at radius 1 is 1.53 bits per heavy atom. The predicted octanol–water partition coefficient (Wildman–Crippen LogP) is 1.51. The first-order valence-corrected chi connectivity index (χ1v) is 7.21. The Morgan fingerprint density at radius 3 is 2.68 bits per heavy atom. The van der Waals surface area contributed by atoms with Crippen LogP contribution in [0.2, 0.25) is 0 Å². The summed E-state index contributed by atoms with van der Waals surface area (Å²) >= 11 is 0.643. The maximum absolute atomic E-state index is 12.1. The van der Waals surface area contributed by atoms with Crippen LogP contribution in [0.4, 0.5) is 18.3 Å². The number of hydrogen-bond acceptors (Lipinski definition) is 6. The number of sulfonamides is 1. The number of esters is 1. The van der Waals surface area contributed by atoms with E-state index in [1.54, 1.807) is 6.92 Å². The van der Waals surface area contributed by atoms with E-state index < -0.39 is 26.6 Å². The molecule has 0 amide bonds. The van der Waals surface area contributed by atoms with Gasteiger partial charge in [0.1, 0.15) is 0 Å². The van der Waals surface area contributed by atoms with Crippen molar-refractivity contribution in [2.24, 2.45) is 0 Å². The molecule has 0 saturated heterocycles. The zero-order chi connectivity index (χ0) is 14.7. The van der Waals surface area contributed by atoms with Crippen molar-refractivity contribution in [1.29, 1.82) is 0 Å². The molecule has 1 aromatic rings. The van der Waals surface area contributed by atoms with Gasteiger partial charge in [0.05, 0.1) is 18.7 Å². The first kappa shape index (κ1) is 15.7. The van der Waals surface area contributed by atoms with Gasteiger partial charge >= 0.3 is 21.5 Å². The topological polar surface area (TPSA) is 85.4 Å². The SMILES string of the molecule is CCOC(=O)Cc1csc(NS(=O)(=O)C(F)(F)F)n1. The Labute approximate surface area is 110 Å². The van der Waals surface area contributed by atoms with Crippen LogP contribution in [0.3, 0.4) is 0 Å². The highest BCUT2D eigenvalue weighted by atomic mass is 32.2. The molecule has 0 aliphatic carbocycles. The molecule has 19 heavy (non-hydrogen) atoms. The molecule has 0 aliphatic heterocycles. The number of nitrogens with one attached hydrogen (secondary N) is 1. The first-order valence-electron chi connectivity index (χ1n) is 4.85. The van der Waals surface area contributed by atoms with Crippen molar-refractivity contribution in [2.75, 3.05) is 11.3 Å². The van der Waals surface area contributed by atoms with Crippen LogP contribution in [-0.4, -0.2) is 31.5 Å². The number of thiazole rings is 1. The molecule has 108 valence electrons. The molecule has 6 nitrogen and oxygen atoms in total. The van der Waals surface area contributed by atoms with Crippen LogP contribution in [0.15, 0.2) is 5.38 Å². The lowest BCUT2D eigenvalue weighted by Gasteiger charge is -2.07. The minimum Gasteiger partial charge on any atom is -0.466 e. The van der Waals surface area contributed by atoms with E-state index in [-0.39, 0.29) is 18.7 Å². The molecule has 0 aromatic carbocycles. The van der Waals surface area contributed by atoms with Gasteiger partial charge in [-0.3, -0.25) is 9.52 Å². The second-order valence-corrected chi connectivity index (χ2v) is 5.71. The number of anilines is 1. The summed E-state index contributed by atoms with van der Waals surface area (Å²) in [7, 11) is -5.49. The second-order valence-electron chi connectivity index (χ2n) is 3.18. The number of alkyl halides is 3. The van der Waals surface area contributed by atoms with E-state index in [9.17, 15) is 26.4 Å². The van der Waals surface area contributed by atoms with E-state index in [1.807, 2.05) is 0 Å². The number of halogens is 3. The number of aromatic nitrogens is 1. The minimum absolute atomic E-state index is 0.128. The standard InChI is InChI=1S/C8H9F3N2O4S2/c1-2-17-6(14)3-5-4-18-7(12-5)13-19(15,16)8(9,10)11/h4H,2-3H2,1H3,(H,12,13). The van der Waals surface area contributed by atoms with Gasteiger partial charge in [0.15, 0.2) is 5.13 Å². The summed E-state index contributed by atoms with van der Waals surface area (Å²) in [5, 5.41) is 0.808.